The summed E-state index contributed by atoms with van der Waals surface area (Å²) < 4.78 is 5.13. The first-order valence-electron chi connectivity index (χ1n) is 12.4. The zero-order valence-electron chi connectivity index (χ0n) is 20.1. The molecule has 0 aromatic heterocycles. The lowest BCUT2D eigenvalue weighted by molar-refractivity contribution is -0.146. The van der Waals surface area contributed by atoms with Crippen molar-refractivity contribution in [3.63, 3.8) is 0 Å². The minimum absolute atomic E-state index is 0.112. The monoisotopic (exact) mass is 482 g/mol. The van der Waals surface area contributed by atoms with Crippen molar-refractivity contribution in [1.29, 1.82) is 0 Å². The van der Waals surface area contributed by atoms with Crippen molar-refractivity contribution in [2.24, 2.45) is 11.7 Å². The second-order valence-corrected chi connectivity index (χ2v) is 9.77. The fourth-order valence-corrected chi connectivity index (χ4v) is 5.05. The highest BCUT2D eigenvalue weighted by atomic mass is 16.6. The van der Waals surface area contributed by atoms with Crippen LogP contribution in [0.5, 0.6) is 0 Å². The number of ether oxygens (including phenoxy) is 1. The molecule has 0 spiro atoms. The maximum atomic E-state index is 13.4. The summed E-state index contributed by atoms with van der Waals surface area (Å²) in [4.78, 5) is 52.9. The minimum atomic E-state index is -1.06. The molecule has 4 N–H and O–H groups in total. The standard InChI is InChI=1S/C26H34N4O5/c1-17-11-13-19(14-12-17)28-24(33)26-16-18(26)8-5-3-2-4-6-10-21(35-25(27)34)23(32)30-15-7-9-20(30)22(31)29-26/h5,8,11-14,18,20-21H,2-4,6-7,9-10,15-16H2,1H3,(H2,27,34)(H,28,33)(H,29,31)/b8-5-. The summed E-state index contributed by atoms with van der Waals surface area (Å²) in [5.41, 5.74) is 5.91. The third-order valence-electron chi connectivity index (χ3n) is 7.15. The van der Waals surface area contributed by atoms with Crippen molar-refractivity contribution in [3.05, 3.63) is 42.0 Å². The van der Waals surface area contributed by atoms with Gasteiger partial charge in [0, 0.05) is 18.2 Å². The van der Waals surface area contributed by atoms with Crippen molar-refractivity contribution >= 4 is 29.5 Å². The van der Waals surface area contributed by atoms with Gasteiger partial charge in [-0.1, -0.05) is 36.3 Å². The van der Waals surface area contributed by atoms with Crippen LogP contribution in [0.2, 0.25) is 0 Å². The number of anilines is 1. The van der Waals surface area contributed by atoms with Gasteiger partial charge in [-0.05, 0) is 64.0 Å². The summed E-state index contributed by atoms with van der Waals surface area (Å²) in [5.74, 6) is -1.14. The molecule has 4 rings (SSSR count). The number of carbonyl (C=O) groups excluding carboxylic acids is 4. The summed E-state index contributed by atoms with van der Waals surface area (Å²) in [7, 11) is 0. The van der Waals surface area contributed by atoms with Gasteiger partial charge in [0.1, 0.15) is 11.6 Å². The number of benzene rings is 1. The molecule has 4 atom stereocenters. The zero-order chi connectivity index (χ0) is 25.0. The largest absolute Gasteiger partial charge is 0.436 e. The summed E-state index contributed by atoms with van der Waals surface area (Å²) in [6, 6.07) is 6.78. The highest BCUT2D eigenvalue weighted by Gasteiger charge is 2.60. The van der Waals surface area contributed by atoms with Crippen LogP contribution in [0.15, 0.2) is 36.4 Å². The van der Waals surface area contributed by atoms with Gasteiger partial charge in [0.15, 0.2) is 6.10 Å². The molecule has 1 saturated heterocycles. The van der Waals surface area contributed by atoms with Gasteiger partial charge in [0.05, 0.1) is 0 Å². The number of nitrogens with one attached hydrogen (secondary N) is 2. The molecule has 3 aliphatic rings. The maximum absolute atomic E-state index is 13.4. The highest BCUT2D eigenvalue weighted by Crippen LogP contribution is 2.46. The Kier molecular flexibility index (Phi) is 7.42. The Hall–Kier alpha value is -3.36. The molecular weight excluding hydrogens is 448 g/mol. The van der Waals surface area contributed by atoms with Gasteiger partial charge in [0.25, 0.3) is 11.8 Å². The van der Waals surface area contributed by atoms with Gasteiger partial charge < -0.3 is 26.0 Å². The van der Waals surface area contributed by atoms with E-state index in [1.165, 1.54) is 4.90 Å². The van der Waals surface area contributed by atoms with E-state index in [2.05, 4.69) is 16.7 Å². The van der Waals surface area contributed by atoms with E-state index < -0.39 is 29.7 Å². The average molecular weight is 483 g/mol. The van der Waals surface area contributed by atoms with Crippen molar-refractivity contribution < 1.29 is 23.9 Å². The fraction of sp³-hybridized carbons (Fsp3) is 0.538. The molecule has 4 unspecified atom stereocenters. The smallest absolute Gasteiger partial charge is 0.405 e. The Morgan fingerprint density at radius 1 is 1.11 bits per heavy atom. The van der Waals surface area contributed by atoms with Crippen molar-refractivity contribution in [3.8, 4) is 0 Å². The van der Waals surface area contributed by atoms with Crippen molar-refractivity contribution in [1.82, 2.24) is 10.2 Å². The number of aryl methyl sites for hydroxylation is 1. The van der Waals surface area contributed by atoms with Gasteiger partial charge in [-0.2, -0.15) is 0 Å². The van der Waals surface area contributed by atoms with Crippen molar-refractivity contribution in [2.45, 2.75) is 76.0 Å². The topological polar surface area (TPSA) is 131 Å². The normalized spacial score (nSPS) is 30.1. The lowest BCUT2D eigenvalue weighted by atomic mass is 10.1. The van der Waals surface area contributed by atoms with E-state index >= 15 is 0 Å². The number of primary amides is 1. The van der Waals surface area contributed by atoms with Gasteiger partial charge in [-0.3, -0.25) is 14.4 Å². The first-order valence-corrected chi connectivity index (χ1v) is 12.4. The summed E-state index contributed by atoms with van der Waals surface area (Å²) in [5, 5.41) is 5.93. The minimum Gasteiger partial charge on any atom is -0.436 e. The number of nitrogens with two attached hydrogens (primary N) is 1. The van der Waals surface area contributed by atoms with E-state index in [4.69, 9.17) is 10.5 Å². The van der Waals surface area contributed by atoms with Gasteiger partial charge in [0.2, 0.25) is 5.91 Å². The maximum Gasteiger partial charge on any atom is 0.405 e. The van der Waals surface area contributed by atoms with E-state index in [0.29, 0.717) is 44.3 Å². The number of hydrogen-bond donors (Lipinski definition) is 3. The first-order chi connectivity index (χ1) is 16.8. The van der Waals surface area contributed by atoms with Gasteiger partial charge in [-0.15, -0.1) is 0 Å². The molecular formula is C26H34N4O5. The molecule has 188 valence electrons. The SMILES string of the molecule is Cc1ccc(NC(=O)C23CC2/C=C\CCCCCC(OC(N)=O)C(=O)N2CCCC2C(=O)N3)cc1. The first kappa shape index (κ1) is 24.8. The fourth-order valence-electron chi connectivity index (χ4n) is 5.05. The molecule has 35 heavy (non-hydrogen) atoms. The Bertz CT molecular complexity index is 1010. The Morgan fingerprint density at radius 2 is 1.89 bits per heavy atom. The Morgan fingerprint density at radius 3 is 2.63 bits per heavy atom. The van der Waals surface area contributed by atoms with Gasteiger partial charge in [-0.25, -0.2) is 4.79 Å². The molecule has 0 radical (unpaired) electrons. The second kappa shape index (κ2) is 10.5. The lowest BCUT2D eigenvalue weighted by Gasteiger charge is -2.29. The van der Waals surface area contributed by atoms with Crippen LogP contribution in [0.3, 0.4) is 0 Å². The molecule has 1 aromatic rings. The Labute approximate surface area is 205 Å². The molecule has 2 fully saturated rings. The molecule has 0 bridgehead atoms. The molecule has 1 aromatic carbocycles. The van der Waals surface area contributed by atoms with E-state index in [0.717, 1.165) is 24.8 Å². The number of allylic oxidation sites excluding steroid dienone is 1. The molecule has 9 heteroatoms. The zero-order valence-corrected chi connectivity index (χ0v) is 20.1. The second-order valence-electron chi connectivity index (χ2n) is 9.77. The van der Waals surface area contributed by atoms with E-state index in [9.17, 15) is 19.2 Å². The number of fused-ring (bicyclic) bond motifs is 2. The molecule has 2 heterocycles. The summed E-state index contributed by atoms with van der Waals surface area (Å²) in [6.07, 6.45) is 7.36. The predicted octanol–water partition coefficient (Wildman–Crippen LogP) is 2.78. The molecule has 1 saturated carbocycles. The lowest BCUT2D eigenvalue weighted by Crippen LogP contribution is -2.55. The number of hydrogen-bond acceptors (Lipinski definition) is 5. The molecule has 9 nitrogen and oxygen atoms in total. The molecule has 1 aliphatic carbocycles. The van der Waals surface area contributed by atoms with E-state index in [1.807, 2.05) is 37.3 Å². The number of rotatable bonds is 3. The van der Waals surface area contributed by atoms with Crippen LogP contribution in [-0.4, -0.2) is 52.9 Å². The summed E-state index contributed by atoms with van der Waals surface area (Å²) >= 11 is 0. The highest BCUT2D eigenvalue weighted by molar-refractivity contribution is 6.04. The van der Waals surface area contributed by atoms with Crippen molar-refractivity contribution in [2.75, 3.05) is 11.9 Å². The van der Waals surface area contributed by atoms with Gasteiger partial charge >= 0.3 is 6.09 Å². The van der Waals surface area contributed by atoms with Crippen LogP contribution in [-0.2, 0) is 19.1 Å². The number of amides is 4. The summed E-state index contributed by atoms with van der Waals surface area (Å²) in [6.45, 7) is 2.36. The van der Waals surface area contributed by atoms with E-state index in [-0.39, 0.29) is 17.7 Å². The Balaban J connectivity index is 1.56. The number of nitrogens with zero attached hydrogens (tertiary/aromatic N) is 1. The predicted molar refractivity (Wildman–Crippen MR) is 130 cm³/mol. The third-order valence-corrected chi connectivity index (χ3v) is 7.15. The van der Waals surface area contributed by atoms with Crippen LogP contribution in [0.1, 0.15) is 56.9 Å². The average Bonchev–Trinajstić information content (AvgIpc) is 3.28. The van der Waals surface area contributed by atoms with Crippen LogP contribution in [0, 0.1) is 12.8 Å². The third kappa shape index (κ3) is 5.66. The van der Waals surface area contributed by atoms with Crippen LogP contribution < -0.4 is 16.4 Å². The molecule has 2 aliphatic heterocycles. The van der Waals surface area contributed by atoms with Crippen LogP contribution >= 0.6 is 0 Å². The molecule has 4 amide bonds. The van der Waals surface area contributed by atoms with Crippen LogP contribution in [0.4, 0.5) is 10.5 Å². The quantitative estimate of drug-likeness (QED) is 0.570. The van der Waals surface area contributed by atoms with E-state index in [1.54, 1.807) is 0 Å². The van der Waals surface area contributed by atoms with Crippen LogP contribution in [0.25, 0.3) is 0 Å². The number of carbonyl (C=O) groups is 4.